The van der Waals surface area contributed by atoms with Crippen molar-refractivity contribution in [2.24, 2.45) is 0 Å². The van der Waals surface area contributed by atoms with Crippen molar-refractivity contribution < 1.29 is 14.7 Å². The normalized spacial score (nSPS) is 18.7. The van der Waals surface area contributed by atoms with Crippen molar-refractivity contribution >= 4 is 12.0 Å². The molecule has 1 aliphatic rings. The fourth-order valence-electron chi connectivity index (χ4n) is 2.07. The molecular weight excluding hydrogens is 246 g/mol. The molecule has 0 spiro atoms. The molecular formula is C13H21N3O3. The molecule has 0 bridgehead atoms. The van der Waals surface area contributed by atoms with Gasteiger partial charge in [0.15, 0.2) is 0 Å². The summed E-state index contributed by atoms with van der Waals surface area (Å²) < 4.78 is 0. The zero-order valence-electron chi connectivity index (χ0n) is 11.7. The molecule has 106 valence electrons. The van der Waals surface area contributed by atoms with Crippen LogP contribution in [0.25, 0.3) is 0 Å². The smallest absolute Gasteiger partial charge is 0.323 e. The number of likely N-dealkylation sites (N-methyl/N-ethyl adjacent to an activating group) is 1. The molecule has 1 heterocycles. The number of hydrogen-bond acceptors (Lipinski definition) is 3. The van der Waals surface area contributed by atoms with Crippen LogP contribution in [0.1, 0.15) is 13.8 Å². The molecule has 0 radical (unpaired) electrons. The molecule has 6 nitrogen and oxygen atoms in total. The largest absolute Gasteiger partial charge is 0.480 e. The van der Waals surface area contributed by atoms with Crippen molar-refractivity contribution in [3.05, 3.63) is 0 Å². The van der Waals surface area contributed by atoms with Gasteiger partial charge in [-0.25, -0.2) is 4.79 Å². The third kappa shape index (κ3) is 3.86. The van der Waals surface area contributed by atoms with Crippen molar-refractivity contribution in [2.45, 2.75) is 19.4 Å². The number of hydrogen-bond donors (Lipinski definition) is 1. The predicted octanol–water partition coefficient (Wildman–Crippen LogP) is 0.152. The summed E-state index contributed by atoms with van der Waals surface area (Å²) in [6.07, 6.45) is 5.18. The average Bonchev–Trinajstić information content (AvgIpc) is 2.30. The summed E-state index contributed by atoms with van der Waals surface area (Å²) in [7, 11) is 2.01. The quantitative estimate of drug-likeness (QED) is 0.739. The number of terminal acetylenes is 1. The van der Waals surface area contributed by atoms with Crippen molar-refractivity contribution in [3.8, 4) is 12.3 Å². The summed E-state index contributed by atoms with van der Waals surface area (Å²) in [6.45, 7) is 5.65. The monoisotopic (exact) mass is 267 g/mol. The van der Waals surface area contributed by atoms with E-state index in [2.05, 4.69) is 24.7 Å². The van der Waals surface area contributed by atoms with Crippen LogP contribution in [0, 0.1) is 12.3 Å². The molecule has 2 amide bonds. The van der Waals surface area contributed by atoms with E-state index in [1.807, 2.05) is 7.05 Å². The topological polar surface area (TPSA) is 64.1 Å². The van der Waals surface area contributed by atoms with Gasteiger partial charge in [-0.15, -0.1) is 6.42 Å². The van der Waals surface area contributed by atoms with Crippen LogP contribution in [0.4, 0.5) is 4.79 Å². The number of rotatable bonds is 3. The molecule has 19 heavy (non-hydrogen) atoms. The molecule has 0 aromatic carbocycles. The number of carboxylic acids is 1. The number of urea groups is 1. The van der Waals surface area contributed by atoms with E-state index in [4.69, 9.17) is 11.5 Å². The second-order valence-electron chi connectivity index (χ2n) is 5.39. The van der Waals surface area contributed by atoms with E-state index in [0.717, 1.165) is 6.54 Å². The first-order valence-electron chi connectivity index (χ1n) is 6.18. The minimum Gasteiger partial charge on any atom is -0.480 e. The summed E-state index contributed by atoms with van der Waals surface area (Å²) in [5.41, 5.74) is -0.126. The van der Waals surface area contributed by atoms with E-state index < -0.39 is 5.97 Å². The lowest BCUT2D eigenvalue weighted by Gasteiger charge is -2.46. The molecule has 1 saturated heterocycles. The third-order valence-corrected chi connectivity index (χ3v) is 3.47. The molecule has 0 atom stereocenters. The first kappa shape index (κ1) is 15.3. The maximum Gasteiger partial charge on any atom is 0.323 e. The van der Waals surface area contributed by atoms with Gasteiger partial charge in [0.25, 0.3) is 0 Å². The summed E-state index contributed by atoms with van der Waals surface area (Å²) >= 11 is 0. The van der Waals surface area contributed by atoms with Crippen LogP contribution < -0.4 is 0 Å². The summed E-state index contributed by atoms with van der Waals surface area (Å²) in [6, 6.07) is -0.304. The van der Waals surface area contributed by atoms with Crippen LogP contribution in [0.15, 0.2) is 0 Å². The van der Waals surface area contributed by atoms with Crippen LogP contribution in [-0.4, -0.2) is 77.1 Å². The van der Waals surface area contributed by atoms with Gasteiger partial charge in [0.1, 0.15) is 6.54 Å². The van der Waals surface area contributed by atoms with Crippen molar-refractivity contribution in [1.29, 1.82) is 0 Å². The lowest BCUT2D eigenvalue weighted by molar-refractivity contribution is -0.137. The van der Waals surface area contributed by atoms with Gasteiger partial charge in [-0.2, -0.15) is 0 Å². The van der Waals surface area contributed by atoms with Gasteiger partial charge in [-0.1, -0.05) is 5.92 Å². The molecule has 1 fully saturated rings. The van der Waals surface area contributed by atoms with E-state index in [1.54, 1.807) is 4.90 Å². The fraction of sp³-hybridized carbons (Fsp3) is 0.692. The van der Waals surface area contributed by atoms with E-state index in [9.17, 15) is 9.59 Å². The number of carbonyl (C=O) groups excluding carboxylic acids is 1. The molecule has 1 N–H and O–H groups in total. The van der Waals surface area contributed by atoms with E-state index >= 15 is 0 Å². The second-order valence-corrected chi connectivity index (χ2v) is 5.39. The number of amides is 2. The Morgan fingerprint density at radius 1 is 1.42 bits per heavy atom. The lowest BCUT2D eigenvalue weighted by atomic mass is 10.00. The molecule has 0 aliphatic carbocycles. The van der Waals surface area contributed by atoms with Gasteiger partial charge < -0.3 is 14.9 Å². The zero-order chi connectivity index (χ0) is 14.6. The highest BCUT2D eigenvalue weighted by Gasteiger charge is 2.35. The maximum absolute atomic E-state index is 12.3. The van der Waals surface area contributed by atoms with Crippen LogP contribution in [0.5, 0.6) is 0 Å². The Kier molecular flexibility index (Phi) is 4.78. The van der Waals surface area contributed by atoms with Gasteiger partial charge in [0, 0.05) is 25.2 Å². The van der Waals surface area contributed by atoms with E-state index in [1.165, 1.54) is 4.90 Å². The Morgan fingerprint density at radius 2 is 2.05 bits per heavy atom. The van der Waals surface area contributed by atoms with Gasteiger partial charge in [0.05, 0.1) is 6.54 Å². The Balaban J connectivity index is 2.75. The highest BCUT2D eigenvalue weighted by Crippen LogP contribution is 2.19. The number of nitrogens with zero attached hydrogens (tertiary/aromatic N) is 3. The fourth-order valence-corrected chi connectivity index (χ4v) is 2.07. The highest BCUT2D eigenvalue weighted by atomic mass is 16.4. The Hall–Kier alpha value is -1.74. The van der Waals surface area contributed by atoms with Crippen molar-refractivity contribution in [1.82, 2.24) is 14.7 Å². The number of piperazine rings is 1. The predicted molar refractivity (Wildman–Crippen MR) is 71.7 cm³/mol. The molecule has 0 aromatic rings. The molecule has 1 aliphatic heterocycles. The van der Waals surface area contributed by atoms with E-state index in [-0.39, 0.29) is 24.7 Å². The first-order chi connectivity index (χ1) is 8.77. The summed E-state index contributed by atoms with van der Waals surface area (Å²) in [5, 5.41) is 8.81. The highest BCUT2D eigenvalue weighted by molar-refractivity contribution is 5.80. The van der Waals surface area contributed by atoms with Crippen molar-refractivity contribution in [3.63, 3.8) is 0 Å². The SMILES string of the molecule is C#CCN(CC(=O)O)C(=O)N1CCN(C)C(C)(C)C1. The summed E-state index contributed by atoms with van der Waals surface area (Å²) in [4.78, 5) is 28.1. The molecule has 0 saturated carbocycles. The molecule has 1 rings (SSSR count). The second kappa shape index (κ2) is 5.93. The van der Waals surface area contributed by atoms with Crippen LogP contribution >= 0.6 is 0 Å². The van der Waals surface area contributed by atoms with Gasteiger partial charge in [-0.05, 0) is 20.9 Å². The molecule has 6 heteroatoms. The lowest BCUT2D eigenvalue weighted by Crippen LogP contribution is -2.61. The average molecular weight is 267 g/mol. The first-order valence-corrected chi connectivity index (χ1v) is 6.18. The third-order valence-electron chi connectivity index (χ3n) is 3.47. The summed E-state index contributed by atoms with van der Waals surface area (Å²) in [5.74, 6) is 1.27. The number of carboxylic acid groups (broad SMARTS) is 1. The van der Waals surface area contributed by atoms with Crippen LogP contribution in [0.3, 0.4) is 0 Å². The Bertz CT molecular complexity index is 400. The minimum absolute atomic E-state index is 0.0118. The van der Waals surface area contributed by atoms with Gasteiger partial charge in [0.2, 0.25) is 0 Å². The van der Waals surface area contributed by atoms with Gasteiger partial charge in [-0.3, -0.25) is 9.69 Å². The minimum atomic E-state index is -1.06. The van der Waals surface area contributed by atoms with Gasteiger partial charge >= 0.3 is 12.0 Å². The zero-order valence-corrected chi connectivity index (χ0v) is 11.7. The van der Waals surface area contributed by atoms with Crippen molar-refractivity contribution in [2.75, 3.05) is 39.8 Å². The standard InChI is InChI=1S/C13H21N3O3/c1-5-6-15(9-11(17)18)12(19)16-8-7-14(4)13(2,3)10-16/h1H,6-10H2,2-4H3,(H,17,18). The molecule has 0 aromatic heterocycles. The number of aliphatic carboxylic acids is 1. The van der Waals surface area contributed by atoms with Crippen LogP contribution in [0.2, 0.25) is 0 Å². The van der Waals surface area contributed by atoms with Crippen LogP contribution in [-0.2, 0) is 4.79 Å². The number of carbonyl (C=O) groups is 2. The maximum atomic E-state index is 12.3. The van der Waals surface area contributed by atoms with E-state index in [0.29, 0.717) is 13.1 Å². The Labute approximate surface area is 114 Å². The Morgan fingerprint density at radius 3 is 2.53 bits per heavy atom. The molecule has 0 unspecified atom stereocenters.